The number of aliphatic hydroxyl groups excluding tert-OH is 1. The first-order valence-electron chi connectivity index (χ1n) is 9.26. The van der Waals surface area contributed by atoms with Crippen molar-refractivity contribution in [3.63, 3.8) is 0 Å². The lowest BCUT2D eigenvalue weighted by Crippen LogP contribution is -2.30. The molecular formula is C23H14Cl3FN2O3. The number of anilines is 2. The van der Waals surface area contributed by atoms with Gasteiger partial charge in [-0.3, -0.25) is 14.5 Å². The topological polar surface area (TPSA) is 83.6 Å². The summed E-state index contributed by atoms with van der Waals surface area (Å²) in [6.45, 7) is 0. The van der Waals surface area contributed by atoms with Crippen molar-refractivity contribution in [2.24, 2.45) is 0 Å². The van der Waals surface area contributed by atoms with Crippen LogP contribution in [0.2, 0.25) is 15.1 Å². The van der Waals surface area contributed by atoms with E-state index in [1.807, 2.05) is 0 Å². The van der Waals surface area contributed by atoms with Crippen LogP contribution in [0, 0.1) is 5.82 Å². The summed E-state index contributed by atoms with van der Waals surface area (Å²) in [7, 11) is 0. The van der Waals surface area contributed by atoms with E-state index in [2.05, 4.69) is 0 Å². The Bertz CT molecular complexity index is 1310. The van der Waals surface area contributed by atoms with Gasteiger partial charge in [0.1, 0.15) is 5.76 Å². The zero-order chi connectivity index (χ0) is 23.2. The van der Waals surface area contributed by atoms with E-state index in [4.69, 9.17) is 40.5 Å². The summed E-state index contributed by atoms with van der Waals surface area (Å²) in [5, 5.41) is 11.2. The second-order valence-corrected chi connectivity index (χ2v) is 8.26. The Balaban J connectivity index is 2.01. The van der Waals surface area contributed by atoms with Crippen molar-refractivity contribution >= 4 is 63.6 Å². The summed E-state index contributed by atoms with van der Waals surface area (Å²) in [4.78, 5) is 27.1. The molecule has 0 bridgehead atoms. The third-order valence-electron chi connectivity index (χ3n) is 5.05. The van der Waals surface area contributed by atoms with E-state index in [1.54, 1.807) is 12.1 Å². The van der Waals surface area contributed by atoms with Crippen LogP contribution in [0.4, 0.5) is 15.8 Å². The molecular weight excluding hydrogens is 478 g/mol. The molecule has 0 radical (unpaired) electrons. The largest absolute Gasteiger partial charge is 0.507 e. The molecule has 0 aromatic heterocycles. The van der Waals surface area contributed by atoms with Crippen molar-refractivity contribution in [2.45, 2.75) is 6.04 Å². The van der Waals surface area contributed by atoms with Gasteiger partial charge in [0.15, 0.2) is 5.82 Å². The lowest BCUT2D eigenvalue weighted by molar-refractivity contribution is -0.132. The number of nitrogens with two attached hydrogens (primary N) is 1. The number of halogens is 4. The molecule has 1 unspecified atom stereocenters. The Kier molecular flexibility index (Phi) is 5.86. The van der Waals surface area contributed by atoms with Gasteiger partial charge in [-0.25, -0.2) is 4.39 Å². The van der Waals surface area contributed by atoms with E-state index < -0.39 is 29.3 Å². The number of carbonyl (C=O) groups excluding carboxylic acids is 2. The minimum atomic E-state index is -1.20. The minimum Gasteiger partial charge on any atom is -0.507 e. The smallest absolute Gasteiger partial charge is 0.300 e. The van der Waals surface area contributed by atoms with E-state index in [0.29, 0.717) is 11.3 Å². The van der Waals surface area contributed by atoms with Crippen LogP contribution in [0.5, 0.6) is 0 Å². The fraction of sp³-hybridized carbons (Fsp3) is 0.0435. The van der Waals surface area contributed by atoms with Gasteiger partial charge in [-0.1, -0.05) is 59.1 Å². The number of benzene rings is 3. The average molecular weight is 492 g/mol. The molecule has 1 amide bonds. The molecule has 0 aliphatic carbocycles. The summed E-state index contributed by atoms with van der Waals surface area (Å²) in [6, 6.07) is 13.5. The average Bonchev–Trinajstić information content (AvgIpc) is 3.02. The van der Waals surface area contributed by atoms with Crippen LogP contribution < -0.4 is 10.6 Å². The van der Waals surface area contributed by atoms with Crippen LogP contribution in [-0.2, 0) is 9.59 Å². The van der Waals surface area contributed by atoms with Crippen molar-refractivity contribution in [3.8, 4) is 0 Å². The SMILES string of the molecule is Nc1cccc(C(O)=C2C(=O)C(=O)N(c3cccc(Cl)c3F)C2c2ccc(Cl)c(Cl)c2)c1. The van der Waals surface area contributed by atoms with E-state index in [9.17, 15) is 19.1 Å². The van der Waals surface area contributed by atoms with Gasteiger partial charge in [0.25, 0.3) is 11.7 Å². The molecule has 1 aliphatic rings. The predicted octanol–water partition coefficient (Wildman–Crippen LogP) is 5.99. The second-order valence-electron chi connectivity index (χ2n) is 7.04. The predicted molar refractivity (Wildman–Crippen MR) is 124 cm³/mol. The van der Waals surface area contributed by atoms with E-state index in [1.165, 1.54) is 48.5 Å². The van der Waals surface area contributed by atoms with Gasteiger partial charge in [0.05, 0.1) is 32.4 Å². The van der Waals surface area contributed by atoms with Crippen LogP contribution >= 0.6 is 34.8 Å². The van der Waals surface area contributed by atoms with Gasteiger partial charge < -0.3 is 10.8 Å². The number of hydrogen-bond donors (Lipinski definition) is 2. The van der Waals surface area contributed by atoms with Crippen molar-refractivity contribution in [1.29, 1.82) is 0 Å². The molecule has 3 aromatic carbocycles. The Morgan fingerprint density at radius 2 is 1.66 bits per heavy atom. The molecule has 0 spiro atoms. The fourth-order valence-electron chi connectivity index (χ4n) is 3.60. The van der Waals surface area contributed by atoms with Gasteiger partial charge in [-0.15, -0.1) is 0 Å². The third kappa shape index (κ3) is 3.71. The Morgan fingerprint density at radius 1 is 0.938 bits per heavy atom. The number of aliphatic hydroxyl groups is 1. The van der Waals surface area contributed by atoms with Gasteiger partial charge in [0, 0.05) is 11.3 Å². The standard InChI is InChI=1S/C23H14Cl3FN2O3/c24-14-8-7-11(10-16(14)26)20-18(21(30)12-3-1-4-13(28)9-12)22(31)23(32)29(20)17-6-2-5-15(25)19(17)27/h1-10,20,30H,28H2. The summed E-state index contributed by atoms with van der Waals surface area (Å²) in [6.07, 6.45) is 0. The molecule has 4 rings (SSSR count). The fourth-order valence-corrected chi connectivity index (χ4v) is 4.07. The zero-order valence-electron chi connectivity index (χ0n) is 16.2. The van der Waals surface area contributed by atoms with Gasteiger partial charge in [-0.05, 0) is 42.0 Å². The van der Waals surface area contributed by atoms with Crippen LogP contribution in [0.15, 0.2) is 66.2 Å². The maximum atomic E-state index is 14.9. The molecule has 0 saturated carbocycles. The lowest BCUT2D eigenvalue weighted by Gasteiger charge is -2.26. The second kappa shape index (κ2) is 8.47. The normalized spacial score (nSPS) is 17.8. The maximum Gasteiger partial charge on any atom is 0.300 e. The molecule has 9 heteroatoms. The third-order valence-corrected chi connectivity index (χ3v) is 6.09. The van der Waals surface area contributed by atoms with Crippen molar-refractivity contribution in [2.75, 3.05) is 10.6 Å². The summed E-state index contributed by atoms with van der Waals surface area (Å²) in [5.41, 5.74) is 6.23. The molecule has 1 fully saturated rings. The monoisotopic (exact) mass is 490 g/mol. The molecule has 3 N–H and O–H groups in total. The van der Waals surface area contributed by atoms with E-state index in [0.717, 1.165) is 4.90 Å². The Morgan fingerprint density at radius 3 is 2.34 bits per heavy atom. The molecule has 1 atom stereocenters. The first-order valence-corrected chi connectivity index (χ1v) is 10.4. The highest BCUT2D eigenvalue weighted by molar-refractivity contribution is 6.52. The maximum absolute atomic E-state index is 14.9. The van der Waals surface area contributed by atoms with Crippen LogP contribution in [-0.4, -0.2) is 16.8 Å². The Hall–Kier alpha value is -3.06. The number of nitrogen functional groups attached to an aromatic ring is 1. The number of carbonyl (C=O) groups is 2. The van der Waals surface area contributed by atoms with E-state index >= 15 is 0 Å². The summed E-state index contributed by atoms with van der Waals surface area (Å²) >= 11 is 18.1. The molecule has 1 saturated heterocycles. The van der Waals surface area contributed by atoms with Gasteiger partial charge >= 0.3 is 0 Å². The summed E-state index contributed by atoms with van der Waals surface area (Å²) in [5.74, 6) is -3.38. The number of amides is 1. The lowest BCUT2D eigenvalue weighted by atomic mass is 9.95. The highest BCUT2D eigenvalue weighted by Crippen LogP contribution is 2.44. The molecule has 162 valence electrons. The quantitative estimate of drug-likeness (QED) is 0.204. The van der Waals surface area contributed by atoms with Gasteiger partial charge in [-0.2, -0.15) is 0 Å². The van der Waals surface area contributed by atoms with Crippen molar-refractivity contribution in [3.05, 3.63) is 98.2 Å². The number of rotatable bonds is 3. The first kappa shape index (κ1) is 22.1. The number of hydrogen-bond acceptors (Lipinski definition) is 4. The highest BCUT2D eigenvalue weighted by Gasteiger charge is 2.48. The molecule has 5 nitrogen and oxygen atoms in total. The van der Waals surface area contributed by atoms with Gasteiger partial charge in [0.2, 0.25) is 0 Å². The highest BCUT2D eigenvalue weighted by atomic mass is 35.5. The Labute approximate surface area is 197 Å². The van der Waals surface area contributed by atoms with Crippen LogP contribution in [0.3, 0.4) is 0 Å². The van der Waals surface area contributed by atoms with Crippen molar-refractivity contribution < 1.29 is 19.1 Å². The number of nitrogens with zero attached hydrogens (tertiary/aromatic N) is 1. The molecule has 1 heterocycles. The zero-order valence-corrected chi connectivity index (χ0v) is 18.4. The molecule has 3 aromatic rings. The number of Topliss-reactive ketones (excluding diaryl/α,β-unsaturated/α-hetero) is 1. The van der Waals surface area contributed by atoms with Crippen molar-refractivity contribution in [1.82, 2.24) is 0 Å². The molecule has 32 heavy (non-hydrogen) atoms. The summed E-state index contributed by atoms with van der Waals surface area (Å²) < 4.78 is 14.9. The number of ketones is 1. The minimum absolute atomic E-state index is 0.158. The first-order chi connectivity index (χ1) is 15.2. The molecule has 1 aliphatic heterocycles. The van der Waals surface area contributed by atoms with E-state index in [-0.39, 0.29) is 31.9 Å². The van der Waals surface area contributed by atoms with Crippen LogP contribution in [0.25, 0.3) is 5.76 Å². The van der Waals surface area contributed by atoms with Crippen LogP contribution in [0.1, 0.15) is 17.2 Å².